The molecule has 0 aliphatic heterocycles. The van der Waals surface area contributed by atoms with E-state index in [1.165, 1.54) is 49.3 Å². The van der Waals surface area contributed by atoms with E-state index in [1.54, 1.807) is 0 Å². The van der Waals surface area contributed by atoms with Gasteiger partial charge in [-0.1, -0.05) is 255 Å². The zero-order chi connectivity index (χ0) is 74.0. The van der Waals surface area contributed by atoms with Crippen molar-refractivity contribution in [1.29, 1.82) is 0 Å². The number of rotatable bonds is 12. The van der Waals surface area contributed by atoms with Gasteiger partial charge >= 0.3 is 0 Å². The summed E-state index contributed by atoms with van der Waals surface area (Å²) >= 11 is 0. The van der Waals surface area contributed by atoms with Gasteiger partial charge in [0.2, 0.25) is 0 Å². The van der Waals surface area contributed by atoms with Crippen molar-refractivity contribution < 1.29 is 0 Å². The Hall–Kier alpha value is -15.2. The van der Waals surface area contributed by atoms with Crippen LogP contribution in [0.3, 0.4) is 0 Å². The highest BCUT2D eigenvalue weighted by atomic mass is 15.0. The summed E-state index contributed by atoms with van der Waals surface area (Å²) in [6.07, 6.45) is 3.78. The molecule has 8 heterocycles. The maximum Gasteiger partial charge on any atom is 0.160 e. The van der Waals surface area contributed by atoms with Crippen LogP contribution in [0.1, 0.15) is 0 Å². The Morgan fingerprint density at radius 2 is 0.500 bits per heavy atom. The second-order valence-electron chi connectivity index (χ2n) is 28.3. The SMILES string of the molecule is c1ccc(-c2cc(-c3ccc(-n4c5ccccc5c5c(-c6ccc7c(c6)c6ncccc6n7-c6ccccc6)cccc54)cc3)cc(-c3ccccc3)n2)cc1.c1ccc(-c2cc(-c3ccc(-n4c5ccccc5c5c(-c6ccc7c(c6)c6ncccc6n7-c6ccccc6)cccc54)cc3)nc(-c3ccccc3)n2)cc1. The highest BCUT2D eigenvalue weighted by molar-refractivity contribution is 6.19. The summed E-state index contributed by atoms with van der Waals surface area (Å²) in [5, 5.41) is 7.17. The number of para-hydroxylation sites is 4. The minimum atomic E-state index is 0.708. The lowest BCUT2D eigenvalue weighted by atomic mass is 9.98. The topological polar surface area (TPSA) is 84.2 Å². The van der Waals surface area contributed by atoms with E-state index in [2.05, 4.69) is 352 Å². The van der Waals surface area contributed by atoms with Crippen LogP contribution in [0.5, 0.6) is 0 Å². The number of aromatic nitrogens is 9. The van der Waals surface area contributed by atoms with Crippen LogP contribution >= 0.6 is 0 Å². The van der Waals surface area contributed by atoms with Gasteiger partial charge in [-0.3, -0.25) is 9.97 Å². The fourth-order valence-electron chi connectivity index (χ4n) is 16.7. The minimum Gasteiger partial charge on any atom is -0.309 e. The predicted molar refractivity (Wildman–Crippen MR) is 463 cm³/mol. The molecule has 22 aromatic rings. The van der Waals surface area contributed by atoms with E-state index in [1.807, 2.05) is 73.1 Å². The molecule has 0 saturated carbocycles. The molecule has 0 radical (unpaired) electrons. The van der Waals surface area contributed by atoms with Crippen LogP contribution in [0.15, 0.2) is 407 Å². The van der Waals surface area contributed by atoms with Gasteiger partial charge in [-0.05, 0) is 173 Å². The van der Waals surface area contributed by atoms with E-state index in [-0.39, 0.29) is 0 Å². The van der Waals surface area contributed by atoms with Crippen molar-refractivity contribution in [1.82, 2.24) is 43.2 Å². The summed E-state index contributed by atoms with van der Waals surface area (Å²) in [5.41, 5.74) is 31.5. The molecule has 0 aliphatic carbocycles. The Morgan fingerprint density at radius 3 is 0.938 bits per heavy atom. The molecule has 0 atom stereocenters. The van der Waals surface area contributed by atoms with Gasteiger partial charge in [0.05, 0.1) is 77.9 Å². The van der Waals surface area contributed by atoms with E-state index in [9.17, 15) is 0 Å². The van der Waals surface area contributed by atoms with Gasteiger partial charge in [0, 0.05) is 95.3 Å². The lowest BCUT2D eigenvalue weighted by molar-refractivity contribution is 1.17. The van der Waals surface area contributed by atoms with E-state index in [0.29, 0.717) is 5.82 Å². The van der Waals surface area contributed by atoms with Crippen LogP contribution in [-0.2, 0) is 0 Å². The molecule has 9 nitrogen and oxygen atoms in total. The molecule has 0 saturated heterocycles. The van der Waals surface area contributed by atoms with Crippen molar-refractivity contribution in [3.63, 3.8) is 0 Å². The monoisotopic (exact) mass is 1430 g/mol. The van der Waals surface area contributed by atoms with E-state index >= 15 is 0 Å². The average Bonchev–Trinajstić information content (AvgIpc) is 1.62. The molecular weight excluding hydrogens is 1360 g/mol. The number of hydrogen-bond acceptors (Lipinski definition) is 5. The summed E-state index contributed by atoms with van der Waals surface area (Å²) < 4.78 is 9.40. The van der Waals surface area contributed by atoms with Crippen molar-refractivity contribution in [2.24, 2.45) is 0 Å². The molecule has 0 spiro atoms. The summed E-state index contributed by atoms with van der Waals surface area (Å²) in [4.78, 5) is 24.9. The minimum absolute atomic E-state index is 0.708. The Kier molecular flexibility index (Phi) is 16.0. The van der Waals surface area contributed by atoms with Crippen LogP contribution < -0.4 is 0 Å². The average molecular weight is 1430 g/mol. The third kappa shape index (κ3) is 11.4. The molecule has 14 aromatic carbocycles. The standard InChI is InChI=1S/C52H34N4.C51H33N5/c1-4-14-36(15-5-1)45-33-39(34-46(54-45)37-16-6-2-7-17-37)35-25-28-41(29-26-35)55-47-22-11-10-20-43(47)51-42(21-12-23-49(51)55)38-27-30-48-44(32-38)52-50(24-13-31-53-52)56(48)40-18-8-3-9-19-40;1-4-14-34(15-5-1)43-33-44(54-51(53-43)36-16-6-2-7-17-36)35-25-28-39(29-26-35)55-45-22-11-10-20-41(45)49-40(21-12-23-47(49)55)37-27-30-46-42(32-37)50-48(24-13-31-52-50)56(46)38-18-8-3-9-19-38/h1-34H;1-33H. The maximum atomic E-state index is 5.10. The molecule has 112 heavy (non-hydrogen) atoms. The van der Waals surface area contributed by atoms with Gasteiger partial charge in [-0.2, -0.15) is 0 Å². The van der Waals surface area contributed by atoms with Crippen LogP contribution in [0, 0.1) is 0 Å². The van der Waals surface area contributed by atoms with Crippen molar-refractivity contribution >= 4 is 87.5 Å². The van der Waals surface area contributed by atoms with Gasteiger partial charge in [0.15, 0.2) is 5.82 Å². The molecule has 0 aliphatic rings. The largest absolute Gasteiger partial charge is 0.309 e. The van der Waals surface area contributed by atoms with Crippen molar-refractivity contribution in [2.45, 2.75) is 0 Å². The van der Waals surface area contributed by atoms with Crippen molar-refractivity contribution in [3.05, 3.63) is 407 Å². The predicted octanol–water partition coefficient (Wildman–Crippen LogP) is 26.1. The molecule has 22 rings (SSSR count). The molecular formula is C103H67N9. The molecule has 0 amide bonds. The Balaban J connectivity index is 0.000000141. The molecule has 524 valence electrons. The Morgan fingerprint density at radius 1 is 0.179 bits per heavy atom. The first-order valence-corrected chi connectivity index (χ1v) is 37.9. The highest BCUT2D eigenvalue weighted by Crippen LogP contribution is 2.45. The number of hydrogen-bond donors (Lipinski definition) is 0. The van der Waals surface area contributed by atoms with E-state index in [0.717, 1.165) is 145 Å². The molecule has 0 unspecified atom stereocenters. The molecule has 9 heteroatoms. The fraction of sp³-hybridized carbons (Fsp3) is 0. The first-order chi connectivity index (χ1) is 55.6. The number of nitrogens with zero attached hydrogens (tertiary/aromatic N) is 9. The highest BCUT2D eigenvalue weighted by Gasteiger charge is 2.23. The van der Waals surface area contributed by atoms with Gasteiger partial charge < -0.3 is 18.3 Å². The first kappa shape index (κ1) is 65.1. The quantitative estimate of drug-likeness (QED) is 0.122. The van der Waals surface area contributed by atoms with E-state index in [4.69, 9.17) is 24.9 Å². The van der Waals surface area contributed by atoms with Crippen LogP contribution in [0.25, 0.3) is 200 Å². The van der Waals surface area contributed by atoms with Gasteiger partial charge in [0.1, 0.15) is 0 Å². The molecule has 8 aromatic heterocycles. The van der Waals surface area contributed by atoms with Crippen molar-refractivity contribution in [2.75, 3.05) is 0 Å². The summed E-state index contributed by atoms with van der Waals surface area (Å²) in [7, 11) is 0. The molecule has 0 N–H and O–H groups in total. The number of pyridine rings is 3. The van der Waals surface area contributed by atoms with Crippen LogP contribution in [0.4, 0.5) is 0 Å². The fourth-order valence-corrected chi connectivity index (χ4v) is 16.7. The smallest absolute Gasteiger partial charge is 0.160 e. The number of benzene rings is 14. The third-order valence-electron chi connectivity index (χ3n) is 21.8. The molecule has 0 bridgehead atoms. The number of fused-ring (bicyclic) bond motifs is 12. The normalized spacial score (nSPS) is 11.6. The van der Waals surface area contributed by atoms with Gasteiger partial charge in [-0.15, -0.1) is 0 Å². The van der Waals surface area contributed by atoms with Crippen LogP contribution in [-0.4, -0.2) is 43.2 Å². The summed E-state index contributed by atoms with van der Waals surface area (Å²) in [5.74, 6) is 0.708. The lowest BCUT2D eigenvalue weighted by Gasteiger charge is -2.12. The molecule has 0 fully saturated rings. The first-order valence-electron chi connectivity index (χ1n) is 37.9. The lowest BCUT2D eigenvalue weighted by Crippen LogP contribution is -1.97. The second kappa shape index (κ2) is 27.5. The zero-order valence-corrected chi connectivity index (χ0v) is 60.7. The van der Waals surface area contributed by atoms with Crippen LogP contribution in [0.2, 0.25) is 0 Å². The second-order valence-corrected chi connectivity index (χ2v) is 28.3. The van der Waals surface area contributed by atoms with Crippen molar-refractivity contribution in [3.8, 4) is 113 Å². The van der Waals surface area contributed by atoms with Gasteiger partial charge in [0.25, 0.3) is 0 Å². The Labute approximate surface area is 645 Å². The third-order valence-corrected chi connectivity index (χ3v) is 21.8. The summed E-state index contributed by atoms with van der Waals surface area (Å²) in [6, 6.07) is 139. The maximum absolute atomic E-state index is 5.10. The Bertz CT molecular complexity index is 6760. The van der Waals surface area contributed by atoms with E-state index < -0.39 is 0 Å². The zero-order valence-electron chi connectivity index (χ0n) is 60.7. The van der Waals surface area contributed by atoms with Gasteiger partial charge in [-0.25, -0.2) is 15.0 Å². The summed E-state index contributed by atoms with van der Waals surface area (Å²) in [6.45, 7) is 0.